The van der Waals surface area contributed by atoms with E-state index in [1.54, 1.807) is 6.92 Å². The molecule has 1 aromatic carbocycles. The second-order valence-corrected chi connectivity index (χ2v) is 7.40. The summed E-state index contributed by atoms with van der Waals surface area (Å²) in [7, 11) is 0. The molecule has 132 valence electrons. The van der Waals surface area contributed by atoms with Gasteiger partial charge in [-0.25, -0.2) is 0 Å². The monoisotopic (exact) mass is 349 g/mol. The van der Waals surface area contributed by atoms with E-state index in [0.29, 0.717) is 0 Å². The molecule has 0 spiro atoms. The van der Waals surface area contributed by atoms with Gasteiger partial charge < -0.3 is 10.1 Å². The Hall–Kier alpha value is -1.49. The normalized spacial score (nSPS) is 16.9. The highest BCUT2D eigenvalue weighted by atomic mass is 32.2. The first kappa shape index (κ1) is 18.8. The maximum absolute atomic E-state index is 12.2. The molecular weight excluding hydrogens is 322 g/mol. The highest BCUT2D eigenvalue weighted by Gasteiger charge is 2.21. The second kappa shape index (κ2) is 9.72. The number of thioether (sulfide) groups is 1. The number of esters is 1. The maximum Gasteiger partial charge on any atom is 0.317 e. The molecular formula is C19H27NO3S. The van der Waals surface area contributed by atoms with Crippen LogP contribution in [0.5, 0.6) is 0 Å². The van der Waals surface area contributed by atoms with Crippen LogP contribution in [0.25, 0.3) is 0 Å². The van der Waals surface area contributed by atoms with Crippen molar-refractivity contribution >= 4 is 23.6 Å². The van der Waals surface area contributed by atoms with Crippen LogP contribution in [0.15, 0.2) is 29.2 Å². The van der Waals surface area contributed by atoms with Crippen molar-refractivity contribution < 1.29 is 14.3 Å². The molecule has 24 heavy (non-hydrogen) atoms. The first-order valence-electron chi connectivity index (χ1n) is 8.74. The van der Waals surface area contributed by atoms with Gasteiger partial charge in [0.05, 0.1) is 5.75 Å². The van der Waals surface area contributed by atoms with E-state index in [4.69, 9.17) is 4.74 Å². The van der Waals surface area contributed by atoms with Crippen LogP contribution in [0.4, 0.5) is 0 Å². The molecule has 0 radical (unpaired) electrons. The van der Waals surface area contributed by atoms with E-state index in [1.807, 2.05) is 31.2 Å². The van der Waals surface area contributed by atoms with Crippen LogP contribution in [0.2, 0.25) is 0 Å². The van der Waals surface area contributed by atoms with E-state index in [-0.39, 0.29) is 23.7 Å². The van der Waals surface area contributed by atoms with Crippen LogP contribution < -0.4 is 5.32 Å². The molecule has 4 nitrogen and oxygen atoms in total. The lowest BCUT2D eigenvalue weighted by atomic mass is 10.1. The van der Waals surface area contributed by atoms with Crippen LogP contribution in [0, 0.1) is 6.92 Å². The number of nitrogens with one attached hydrogen (secondary N) is 1. The average molecular weight is 349 g/mol. The largest absolute Gasteiger partial charge is 0.452 e. The summed E-state index contributed by atoms with van der Waals surface area (Å²) in [4.78, 5) is 25.2. The molecule has 0 heterocycles. The summed E-state index contributed by atoms with van der Waals surface area (Å²) in [5.41, 5.74) is 1.13. The summed E-state index contributed by atoms with van der Waals surface area (Å²) in [6.45, 7) is 3.65. The van der Waals surface area contributed by atoms with E-state index in [9.17, 15) is 9.59 Å². The van der Waals surface area contributed by atoms with Gasteiger partial charge in [0.2, 0.25) is 0 Å². The van der Waals surface area contributed by atoms with Gasteiger partial charge in [-0.15, -0.1) is 11.8 Å². The SMILES string of the molecule is Cc1ccccc1SCC(=O)O[C@H](C)C(=O)NC1CCCCCC1. The van der Waals surface area contributed by atoms with E-state index in [0.717, 1.165) is 36.1 Å². The van der Waals surface area contributed by atoms with Crippen molar-refractivity contribution in [2.75, 3.05) is 5.75 Å². The number of hydrogen-bond donors (Lipinski definition) is 1. The molecule has 1 atom stereocenters. The fourth-order valence-electron chi connectivity index (χ4n) is 2.88. The minimum atomic E-state index is -0.738. The number of hydrogen-bond acceptors (Lipinski definition) is 4. The van der Waals surface area contributed by atoms with Crippen LogP contribution in [-0.4, -0.2) is 29.8 Å². The van der Waals surface area contributed by atoms with Crippen LogP contribution >= 0.6 is 11.8 Å². The van der Waals surface area contributed by atoms with E-state index in [2.05, 4.69) is 5.32 Å². The first-order chi connectivity index (χ1) is 11.6. The molecule has 1 aromatic rings. The minimum Gasteiger partial charge on any atom is -0.452 e. The number of rotatable bonds is 6. The zero-order chi connectivity index (χ0) is 17.4. The second-order valence-electron chi connectivity index (χ2n) is 6.38. The summed E-state index contributed by atoms with van der Waals surface area (Å²) in [6, 6.07) is 8.13. The standard InChI is InChI=1S/C19H27NO3S/c1-14-9-7-8-12-17(14)24-13-18(21)23-15(2)19(22)20-16-10-5-3-4-6-11-16/h7-9,12,15-16H,3-6,10-11,13H2,1-2H3,(H,20,22)/t15-/m1/s1. The zero-order valence-electron chi connectivity index (χ0n) is 14.5. The molecule has 1 aliphatic rings. The van der Waals surface area contributed by atoms with Crippen molar-refractivity contribution in [3.63, 3.8) is 0 Å². The van der Waals surface area contributed by atoms with Gasteiger partial charge in [0.25, 0.3) is 5.91 Å². The highest BCUT2D eigenvalue weighted by molar-refractivity contribution is 8.00. The van der Waals surface area contributed by atoms with Crippen LogP contribution in [-0.2, 0) is 14.3 Å². The summed E-state index contributed by atoms with van der Waals surface area (Å²) in [5, 5.41) is 3.02. The van der Waals surface area contributed by atoms with Gasteiger partial charge in [0.15, 0.2) is 6.10 Å². The molecule has 5 heteroatoms. The molecule has 0 aromatic heterocycles. The Morgan fingerprint density at radius 3 is 2.54 bits per heavy atom. The Morgan fingerprint density at radius 2 is 1.88 bits per heavy atom. The number of carbonyl (C=O) groups excluding carboxylic acids is 2. The van der Waals surface area contributed by atoms with Crippen LogP contribution in [0.3, 0.4) is 0 Å². The van der Waals surface area contributed by atoms with Crippen molar-refractivity contribution in [1.82, 2.24) is 5.32 Å². The van der Waals surface area contributed by atoms with Crippen LogP contribution in [0.1, 0.15) is 51.0 Å². The fraction of sp³-hybridized carbons (Fsp3) is 0.579. The summed E-state index contributed by atoms with van der Waals surface area (Å²) in [5.74, 6) is -0.325. The number of aryl methyl sites for hydroxylation is 1. The number of ether oxygens (including phenoxy) is 1. The molecule has 1 fully saturated rings. The number of benzene rings is 1. The summed E-state index contributed by atoms with van der Waals surface area (Å²) in [6.07, 6.45) is 6.11. The quantitative estimate of drug-likeness (QED) is 0.481. The lowest BCUT2D eigenvalue weighted by molar-refractivity contribution is -0.152. The van der Waals surface area contributed by atoms with Gasteiger partial charge in [-0.2, -0.15) is 0 Å². The third-order valence-corrected chi connectivity index (χ3v) is 5.47. The molecule has 2 rings (SSSR count). The van der Waals surface area contributed by atoms with E-state index < -0.39 is 6.10 Å². The molecule has 1 N–H and O–H groups in total. The van der Waals surface area contributed by atoms with Gasteiger partial charge in [0, 0.05) is 10.9 Å². The van der Waals surface area contributed by atoms with Gasteiger partial charge in [-0.3, -0.25) is 9.59 Å². The van der Waals surface area contributed by atoms with Crippen molar-refractivity contribution in [3.8, 4) is 0 Å². The molecule has 1 saturated carbocycles. The van der Waals surface area contributed by atoms with Crippen molar-refractivity contribution in [2.24, 2.45) is 0 Å². The maximum atomic E-state index is 12.2. The smallest absolute Gasteiger partial charge is 0.317 e. The summed E-state index contributed by atoms with van der Waals surface area (Å²) < 4.78 is 5.27. The summed E-state index contributed by atoms with van der Waals surface area (Å²) >= 11 is 1.44. The minimum absolute atomic E-state index is 0.184. The van der Waals surface area contributed by atoms with Gasteiger partial charge in [-0.1, -0.05) is 43.9 Å². The van der Waals surface area contributed by atoms with Crippen molar-refractivity contribution in [3.05, 3.63) is 29.8 Å². The van der Waals surface area contributed by atoms with Gasteiger partial charge >= 0.3 is 5.97 Å². The van der Waals surface area contributed by atoms with E-state index >= 15 is 0 Å². The lowest BCUT2D eigenvalue weighted by Gasteiger charge is -2.19. The first-order valence-corrected chi connectivity index (χ1v) is 9.73. The molecule has 0 aliphatic heterocycles. The lowest BCUT2D eigenvalue weighted by Crippen LogP contribution is -2.42. The van der Waals surface area contributed by atoms with E-state index in [1.165, 1.54) is 24.6 Å². The molecule has 1 aliphatic carbocycles. The number of carbonyl (C=O) groups is 2. The topological polar surface area (TPSA) is 55.4 Å². The molecule has 0 bridgehead atoms. The van der Waals surface area contributed by atoms with Gasteiger partial charge in [0.1, 0.15) is 0 Å². The number of amides is 1. The zero-order valence-corrected chi connectivity index (χ0v) is 15.4. The van der Waals surface area contributed by atoms with Gasteiger partial charge in [-0.05, 0) is 38.3 Å². The Balaban J connectivity index is 1.74. The highest BCUT2D eigenvalue weighted by Crippen LogP contribution is 2.22. The molecule has 0 unspecified atom stereocenters. The Morgan fingerprint density at radius 1 is 1.21 bits per heavy atom. The average Bonchev–Trinajstić information content (AvgIpc) is 2.82. The Labute approximate surface area is 148 Å². The Kier molecular flexibility index (Phi) is 7.63. The third kappa shape index (κ3) is 6.19. The fourth-order valence-corrected chi connectivity index (χ4v) is 3.69. The molecule has 0 saturated heterocycles. The van der Waals surface area contributed by atoms with Crippen molar-refractivity contribution in [2.45, 2.75) is 69.4 Å². The predicted molar refractivity (Wildman–Crippen MR) is 97.1 cm³/mol. The molecule has 1 amide bonds. The van der Waals surface area contributed by atoms with Crippen molar-refractivity contribution in [1.29, 1.82) is 0 Å². The Bertz CT molecular complexity index is 553. The predicted octanol–water partition coefficient (Wildman–Crippen LogP) is 3.86. The third-order valence-electron chi connectivity index (χ3n) is 4.32.